The maximum absolute atomic E-state index is 10.8. The average molecular weight is 234 g/mol. The molecule has 0 amide bonds. The Morgan fingerprint density at radius 2 is 1.00 bits per heavy atom. The molecular weight excluding hydrogens is 216 g/mol. The highest BCUT2D eigenvalue weighted by atomic mass is 16.6. The van der Waals surface area contributed by atoms with Crippen molar-refractivity contribution >= 4 is 12.6 Å². The van der Waals surface area contributed by atoms with E-state index in [1.807, 2.05) is 0 Å². The molecule has 0 aliphatic heterocycles. The summed E-state index contributed by atoms with van der Waals surface area (Å²) in [5.74, 6) is 0. The van der Waals surface area contributed by atoms with E-state index in [0.29, 0.717) is 12.6 Å². The van der Waals surface area contributed by atoms with Crippen LogP contribution in [-0.2, 0) is 28.5 Å². The molecule has 6 nitrogen and oxygen atoms in total. The van der Waals surface area contributed by atoms with Gasteiger partial charge in [-0.3, -0.25) is 0 Å². The number of ether oxygens (including phenoxy) is 4. The van der Waals surface area contributed by atoms with Crippen molar-refractivity contribution in [1.29, 1.82) is 0 Å². The SMILES string of the molecule is CO[C@H]([C@H](OC)[C@H](C=O)OC)[C@@H](C=O)OC. The summed E-state index contributed by atoms with van der Waals surface area (Å²) in [6.45, 7) is 0. The summed E-state index contributed by atoms with van der Waals surface area (Å²) in [6.07, 6.45) is -1.85. The van der Waals surface area contributed by atoms with E-state index in [0.717, 1.165) is 0 Å². The third-order valence-electron chi connectivity index (χ3n) is 2.33. The molecule has 6 heteroatoms. The lowest BCUT2D eigenvalue weighted by Crippen LogP contribution is -2.49. The predicted molar refractivity (Wildman–Crippen MR) is 55.3 cm³/mol. The maximum Gasteiger partial charge on any atom is 0.151 e. The minimum atomic E-state index is -0.812. The summed E-state index contributed by atoms with van der Waals surface area (Å²) < 4.78 is 20.1. The van der Waals surface area contributed by atoms with Crippen molar-refractivity contribution < 1.29 is 28.5 Å². The van der Waals surface area contributed by atoms with Gasteiger partial charge < -0.3 is 28.5 Å². The van der Waals surface area contributed by atoms with Crippen LogP contribution in [0.1, 0.15) is 0 Å². The Morgan fingerprint density at radius 3 is 1.12 bits per heavy atom. The number of hydrogen-bond donors (Lipinski definition) is 0. The van der Waals surface area contributed by atoms with Gasteiger partial charge in [0.2, 0.25) is 0 Å². The van der Waals surface area contributed by atoms with Gasteiger partial charge in [0.05, 0.1) is 0 Å². The van der Waals surface area contributed by atoms with E-state index in [1.54, 1.807) is 0 Å². The van der Waals surface area contributed by atoms with Crippen molar-refractivity contribution in [1.82, 2.24) is 0 Å². The molecule has 0 aliphatic rings. The van der Waals surface area contributed by atoms with Gasteiger partial charge in [0.15, 0.2) is 12.6 Å². The zero-order valence-electron chi connectivity index (χ0n) is 9.91. The fourth-order valence-electron chi connectivity index (χ4n) is 1.44. The smallest absolute Gasteiger partial charge is 0.151 e. The Bertz CT molecular complexity index is 185. The first-order valence-electron chi connectivity index (χ1n) is 4.71. The first kappa shape index (κ1) is 15.2. The Balaban J connectivity index is 4.84. The predicted octanol–water partition coefficient (Wildman–Crippen LogP) is -0.556. The molecule has 0 aromatic heterocycles. The molecule has 0 unspecified atom stereocenters. The summed E-state index contributed by atoms with van der Waals surface area (Å²) in [7, 11) is 5.56. The average Bonchev–Trinajstić information content (AvgIpc) is 2.33. The normalized spacial score (nSPS) is 18.5. The molecule has 0 bridgehead atoms. The van der Waals surface area contributed by atoms with E-state index in [9.17, 15) is 9.59 Å². The summed E-state index contributed by atoms with van der Waals surface area (Å²) in [4.78, 5) is 21.5. The number of rotatable bonds is 9. The van der Waals surface area contributed by atoms with Gasteiger partial charge in [0.1, 0.15) is 24.4 Å². The molecule has 0 heterocycles. The van der Waals surface area contributed by atoms with Crippen molar-refractivity contribution in [2.24, 2.45) is 0 Å². The number of carbonyl (C=O) groups is 2. The van der Waals surface area contributed by atoms with Crippen LogP contribution in [0.15, 0.2) is 0 Å². The quantitative estimate of drug-likeness (QED) is 0.498. The van der Waals surface area contributed by atoms with E-state index < -0.39 is 24.4 Å². The van der Waals surface area contributed by atoms with Gasteiger partial charge in [0, 0.05) is 28.4 Å². The van der Waals surface area contributed by atoms with Gasteiger partial charge in [-0.25, -0.2) is 0 Å². The molecule has 0 saturated heterocycles. The number of aldehydes is 2. The molecular formula is C10H18O6. The van der Waals surface area contributed by atoms with Crippen LogP contribution >= 0.6 is 0 Å². The first-order valence-corrected chi connectivity index (χ1v) is 4.71. The van der Waals surface area contributed by atoms with Gasteiger partial charge in [-0.2, -0.15) is 0 Å². The second-order valence-electron chi connectivity index (χ2n) is 3.07. The van der Waals surface area contributed by atoms with E-state index in [-0.39, 0.29) is 0 Å². The molecule has 0 spiro atoms. The second kappa shape index (κ2) is 8.35. The second-order valence-corrected chi connectivity index (χ2v) is 3.07. The number of carbonyl (C=O) groups excluding carboxylic acids is 2. The van der Waals surface area contributed by atoms with Crippen molar-refractivity contribution in [3.8, 4) is 0 Å². The van der Waals surface area contributed by atoms with E-state index >= 15 is 0 Å². The first-order chi connectivity index (χ1) is 7.69. The van der Waals surface area contributed by atoms with E-state index in [2.05, 4.69) is 0 Å². The lowest BCUT2D eigenvalue weighted by atomic mass is 10.0. The monoisotopic (exact) mass is 234 g/mol. The van der Waals surface area contributed by atoms with E-state index in [1.165, 1.54) is 28.4 Å². The van der Waals surface area contributed by atoms with Gasteiger partial charge in [0.25, 0.3) is 0 Å². The number of methoxy groups -OCH3 is 4. The molecule has 0 fully saturated rings. The molecule has 0 N–H and O–H groups in total. The van der Waals surface area contributed by atoms with Gasteiger partial charge in [-0.15, -0.1) is 0 Å². The third kappa shape index (κ3) is 3.64. The standard InChI is InChI=1S/C10H18O6/c1-13-7(5-11)9(15-3)10(16-4)8(6-12)14-2/h5-10H,1-4H3/t7-,8+,9+,10-. The lowest BCUT2D eigenvalue weighted by molar-refractivity contribution is -0.158. The van der Waals surface area contributed by atoms with Gasteiger partial charge in [-0.05, 0) is 0 Å². The van der Waals surface area contributed by atoms with Crippen LogP contribution in [0.4, 0.5) is 0 Å². The maximum atomic E-state index is 10.8. The minimum Gasteiger partial charge on any atom is -0.375 e. The van der Waals surface area contributed by atoms with Crippen LogP contribution in [0.2, 0.25) is 0 Å². The molecule has 0 aromatic carbocycles. The van der Waals surface area contributed by atoms with Crippen LogP contribution in [0.3, 0.4) is 0 Å². The summed E-state index contributed by atoms with van der Waals surface area (Å²) in [5, 5.41) is 0. The fourth-order valence-corrected chi connectivity index (χ4v) is 1.44. The molecule has 94 valence electrons. The molecule has 0 aromatic rings. The Labute approximate surface area is 94.8 Å². The Kier molecular flexibility index (Phi) is 7.92. The van der Waals surface area contributed by atoms with Crippen LogP contribution in [0, 0.1) is 0 Å². The fraction of sp³-hybridized carbons (Fsp3) is 0.800. The highest BCUT2D eigenvalue weighted by Crippen LogP contribution is 2.13. The zero-order valence-corrected chi connectivity index (χ0v) is 9.91. The summed E-state index contributed by atoms with van der Waals surface area (Å²) >= 11 is 0. The molecule has 0 rings (SSSR count). The van der Waals surface area contributed by atoms with Crippen LogP contribution in [0.25, 0.3) is 0 Å². The highest BCUT2D eigenvalue weighted by Gasteiger charge is 2.35. The van der Waals surface area contributed by atoms with Crippen molar-refractivity contribution in [2.45, 2.75) is 24.4 Å². The topological polar surface area (TPSA) is 71.1 Å². The Hall–Kier alpha value is -0.820. The van der Waals surface area contributed by atoms with E-state index in [4.69, 9.17) is 18.9 Å². The van der Waals surface area contributed by atoms with Gasteiger partial charge >= 0.3 is 0 Å². The highest BCUT2D eigenvalue weighted by molar-refractivity contribution is 5.60. The van der Waals surface area contributed by atoms with Crippen molar-refractivity contribution in [3.05, 3.63) is 0 Å². The van der Waals surface area contributed by atoms with Crippen LogP contribution in [0.5, 0.6) is 0 Å². The molecule has 16 heavy (non-hydrogen) atoms. The number of hydrogen-bond acceptors (Lipinski definition) is 6. The zero-order chi connectivity index (χ0) is 12.6. The van der Waals surface area contributed by atoms with Gasteiger partial charge in [-0.1, -0.05) is 0 Å². The summed E-state index contributed by atoms with van der Waals surface area (Å²) in [5.41, 5.74) is 0. The Morgan fingerprint density at radius 1 is 0.688 bits per heavy atom. The lowest BCUT2D eigenvalue weighted by Gasteiger charge is -2.30. The van der Waals surface area contributed by atoms with Crippen LogP contribution in [-0.4, -0.2) is 65.4 Å². The molecule has 0 saturated carbocycles. The molecule has 0 aliphatic carbocycles. The van der Waals surface area contributed by atoms with Crippen molar-refractivity contribution in [2.75, 3.05) is 28.4 Å². The molecule has 0 radical (unpaired) electrons. The minimum absolute atomic E-state index is 0.595. The third-order valence-corrected chi connectivity index (χ3v) is 2.33. The summed E-state index contributed by atoms with van der Waals surface area (Å²) in [6, 6.07) is 0. The van der Waals surface area contributed by atoms with Crippen LogP contribution < -0.4 is 0 Å². The molecule has 4 atom stereocenters. The largest absolute Gasteiger partial charge is 0.375 e. The van der Waals surface area contributed by atoms with Crippen molar-refractivity contribution in [3.63, 3.8) is 0 Å².